The Morgan fingerprint density at radius 2 is 1.75 bits per heavy atom. The van der Waals surface area contributed by atoms with E-state index in [1.807, 2.05) is 0 Å². The summed E-state index contributed by atoms with van der Waals surface area (Å²) < 4.78 is 0. The molecule has 0 saturated carbocycles. The van der Waals surface area contributed by atoms with Crippen LogP contribution >= 0.6 is 12.4 Å². The summed E-state index contributed by atoms with van der Waals surface area (Å²) >= 11 is 0. The van der Waals surface area contributed by atoms with Crippen LogP contribution < -0.4 is 5.32 Å². The third-order valence-corrected chi connectivity index (χ3v) is 5.20. The number of carbonyl (C=O) groups is 1. The second-order valence-electron chi connectivity index (χ2n) is 7.22. The number of nitrogens with zero attached hydrogens (tertiary/aromatic N) is 1. The molecule has 1 heterocycles. The number of carbonyl (C=O) groups excluding carboxylic acids is 1. The highest BCUT2D eigenvalue weighted by Gasteiger charge is 2.35. The maximum Gasteiger partial charge on any atom is 0.232 e. The predicted molar refractivity (Wildman–Crippen MR) is 104 cm³/mol. The monoisotopic (exact) mass is 352 g/mol. The molecule has 1 aromatic carbocycles. The summed E-state index contributed by atoms with van der Waals surface area (Å²) in [6.45, 7) is 12.3. The predicted octanol–water partition coefficient (Wildman–Crippen LogP) is 3.80. The Kier molecular flexibility index (Phi) is 8.24. The third-order valence-electron chi connectivity index (χ3n) is 5.20. The summed E-state index contributed by atoms with van der Waals surface area (Å²) in [5, 5.41) is 3.43. The van der Waals surface area contributed by atoms with E-state index in [1.165, 1.54) is 5.56 Å². The summed E-state index contributed by atoms with van der Waals surface area (Å²) in [7, 11) is 0. The van der Waals surface area contributed by atoms with Crippen LogP contribution in [0.5, 0.6) is 0 Å². The Hall–Kier alpha value is -1.06. The Labute approximate surface area is 153 Å². The number of hydrogen-bond donors (Lipinski definition) is 1. The zero-order valence-electron chi connectivity index (χ0n) is 15.6. The molecule has 0 radical (unpaired) electrons. The molecule has 0 aromatic heterocycles. The van der Waals surface area contributed by atoms with E-state index in [0.717, 1.165) is 51.0 Å². The summed E-state index contributed by atoms with van der Waals surface area (Å²) in [5.74, 6) is 0.981. The van der Waals surface area contributed by atoms with E-state index in [4.69, 9.17) is 0 Å². The average molecular weight is 353 g/mol. The molecule has 1 aliphatic heterocycles. The minimum Gasteiger partial charge on any atom is -0.342 e. The number of halogens is 1. The lowest BCUT2D eigenvalue weighted by Gasteiger charge is -2.37. The van der Waals surface area contributed by atoms with Crippen molar-refractivity contribution < 1.29 is 4.79 Å². The van der Waals surface area contributed by atoms with Crippen LogP contribution in [0.4, 0.5) is 0 Å². The highest BCUT2D eigenvalue weighted by Crippen LogP contribution is 2.28. The molecule has 0 aliphatic carbocycles. The van der Waals surface area contributed by atoms with Crippen LogP contribution in [0.2, 0.25) is 0 Å². The third kappa shape index (κ3) is 4.97. The zero-order chi connectivity index (χ0) is 16.9. The van der Waals surface area contributed by atoms with Crippen LogP contribution in [0.1, 0.15) is 51.7 Å². The van der Waals surface area contributed by atoms with Gasteiger partial charge in [-0.15, -0.1) is 12.4 Å². The Balaban J connectivity index is 0.00000288. The normalized spacial score (nSPS) is 15.9. The maximum absolute atomic E-state index is 13.0. The van der Waals surface area contributed by atoms with Crippen molar-refractivity contribution in [2.24, 2.45) is 5.92 Å². The molecule has 0 atom stereocenters. The topological polar surface area (TPSA) is 32.3 Å². The lowest BCUT2D eigenvalue weighted by atomic mass is 9.82. The molecule has 4 heteroatoms. The number of likely N-dealkylation sites (tertiary alicyclic amines) is 1. The molecule has 0 bridgehead atoms. The minimum absolute atomic E-state index is 0. The minimum atomic E-state index is -0.444. The van der Waals surface area contributed by atoms with E-state index in [-0.39, 0.29) is 18.3 Å². The maximum atomic E-state index is 13.0. The van der Waals surface area contributed by atoms with Crippen molar-refractivity contribution in [3.63, 3.8) is 0 Å². The number of hydrogen-bond acceptors (Lipinski definition) is 2. The number of piperidine rings is 1. The Bertz CT molecular complexity index is 505. The van der Waals surface area contributed by atoms with Crippen molar-refractivity contribution in [3.8, 4) is 0 Å². The molecule has 0 spiro atoms. The molecule has 3 nitrogen and oxygen atoms in total. The number of nitrogens with one attached hydrogen (secondary N) is 1. The van der Waals surface area contributed by atoms with Crippen molar-refractivity contribution in [2.45, 2.75) is 52.4 Å². The number of amides is 1. The van der Waals surface area contributed by atoms with Gasteiger partial charge in [-0.1, -0.05) is 38.1 Å². The van der Waals surface area contributed by atoms with E-state index >= 15 is 0 Å². The van der Waals surface area contributed by atoms with Crippen LogP contribution in [-0.4, -0.2) is 37.0 Å². The Morgan fingerprint density at radius 3 is 2.25 bits per heavy atom. The molecule has 1 fully saturated rings. The largest absolute Gasteiger partial charge is 0.342 e. The lowest BCUT2D eigenvalue weighted by molar-refractivity contribution is -0.137. The summed E-state index contributed by atoms with van der Waals surface area (Å²) in [6, 6.07) is 8.53. The average Bonchev–Trinajstić information content (AvgIpc) is 2.59. The standard InChI is InChI=1S/C20H32N2O.ClH/c1-5-16-7-9-18(10-8-16)20(3,4)19(23)22-13-11-17(12-14-22)15-21-6-2;/h7-10,17,21H,5-6,11-15H2,1-4H3;1H. The lowest BCUT2D eigenvalue weighted by Crippen LogP contribution is -2.47. The molecule has 1 amide bonds. The van der Waals surface area contributed by atoms with Gasteiger partial charge in [0.15, 0.2) is 0 Å². The molecule has 2 rings (SSSR count). The molecule has 1 aromatic rings. The van der Waals surface area contributed by atoms with E-state index in [2.05, 4.69) is 62.2 Å². The van der Waals surface area contributed by atoms with Crippen molar-refractivity contribution >= 4 is 18.3 Å². The molecule has 0 unspecified atom stereocenters. The van der Waals surface area contributed by atoms with Crippen molar-refractivity contribution in [3.05, 3.63) is 35.4 Å². The van der Waals surface area contributed by atoms with Crippen LogP contribution in [0, 0.1) is 5.92 Å². The van der Waals surface area contributed by atoms with Gasteiger partial charge in [0, 0.05) is 13.1 Å². The first-order valence-corrected chi connectivity index (χ1v) is 9.08. The molecular formula is C20H33ClN2O. The van der Waals surface area contributed by atoms with Gasteiger partial charge < -0.3 is 10.2 Å². The van der Waals surface area contributed by atoms with Crippen molar-refractivity contribution in [1.82, 2.24) is 10.2 Å². The zero-order valence-corrected chi connectivity index (χ0v) is 16.4. The van der Waals surface area contributed by atoms with Gasteiger partial charge in [0.25, 0.3) is 0 Å². The summed E-state index contributed by atoms with van der Waals surface area (Å²) in [4.78, 5) is 15.1. The highest BCUT2D eigenvalue weighted by molar-refractivity contribution is 5.87. The summed E-state index contributed by atoms with van der Waals surface area (Å²) in [6.07, 6.45) is 3.27. The molecular weight excluding hydrogens is 320 g/mol. The van der Waals surface area contributed by atoms with Gasteiger partial charge in [0.2, 0.25) is 5.91 Å². The summed E-state index contributed by atoms with van der Waals surface area (Å²) in [5.41, 5.74) is 2.00. The van der Waals surface area contributed by atoms with Gasteiger partial charge in [-0.05, 0) is 63.2 Å². The molecule has 1 N–H and O–H groups in total. The first-order valence-electron chi connectivity index (χ1n) is 9.08. The van der Waals surface area contributed by atoms with Gasteiger partial charge in [-0.25, -0.2) is 0 Å². The fourth-order valence-electron chi connectivity index (χ4n) is 3.36. The second-order valence-corrected chi connectivity index (χ2v) is 7.22. The number of benzene rings is 1. The van der Waals surface area contributed by atoms with E-state index < -0.39 is 5.41 Å². The van der Waals surface area contributed by atoms with Crippen LogP contribution in [-0.2, 0) is 16.6 Å². The van der Waals surface area contributed by atoms with Crippen LogP contribution in [0.25, 0.3) is 0 Å². The van der Waals surface area contributed by atoms with E-state index in [9.17, 15) is 4.79 Å². The second kappa shape index (κ2) is 9.43. The Morgan fingerprint density at radius 1 is 1.17 bits per heavy atom. The first kappa shape index (κ1) is 21.0. The number of rotatable bonds is 6. The molecule has 24 heavy (non-hydrogen) atoms. The van der Waals surface area contributed by atoms with E-state index in [0.29, 0.717) is 5.92 Å². The van der Waals surface area contributed by atoms with Gasteiger partial charge in [-0.3, -0.25) is 4.79 Å². The smallest absolute Gasteiger partial charge is 0.232 e. The molecule has 1 saturated heterocycles. The van der Waals surface area contributed by atoms with Gasteiger partial charge in [-0.2, -0.15) is 0 Å². The quantitative estimate of drug-likeness (QED) is 0.844. The van der Waals surface area contributed by atoms with Crippen molar-refractivity contribution in [2.75, 3.05) is 26.2 Å². The van der Waals surface area contributed by atoms with Gasteiger partial charge in [0.05, 0.1) is 5.41 Å². The molecule has 136 valence electrons. The highest BCUT2D eigenvalue weighted by atomic mass is 35.5. The van der Waals surface area contributed by atoms with E-state index in [1.54, 1.807) is 0 Å². The molecule has 1 aliphatic rings. The number of aryl methyl sites for hydroxylation is 1. The van der Waals surface area contributed by atoms with Crippen LogP contribution in [0.15, 0.2) is 24.3 Å². The van der Waals surface area contributed by atoms with Gasteiger partial charge in [0.1, 0.15) is 0 Å². The fourth-order valence-corrected chi connectivity index (χ4v) is 3.36. The fraction of sp³-hybridized carbons (Fsp3) is 0.650. The van der Waals surface area contributed by atoms with Crippen molar-refractivity contribution in [1.29, 1.82) is 0 Å². The van der Waals surface area contributed by atoms with Crippen LogP contribution in [0.3, 0.4) is 0 Å². The van der Waals surface area contributed by atoms with Gasteiger partial charge >= 0.3 is 0 Å². The first-order chi connectivity index (χ1) is 11.0. The SMILES string of the molecule is CCNCC1CCN(C(=O)C(C)(C)c2ccc(CC)cc2)CC1.Cl.